The first kappa shape index (κ1) is 12.4. The van der Waals surface area contributed by atoms with Gasteiger partial charge in [-0.25, -0.2) is 0 Å². The van der Waals surface area contributed by atoms with Gasteiger partial charge >= 0.3 is 0 Å². The number of fused-ring (bicyclic) bond motifs is 1. The third kappa shape index (κ3) is 2.57. The lowest BCUT2D eigenvalue weighted by atomic mass is 10.2. The van der Waals surface area contributed by atoms with Crippen molar-refractivity contribution in [2.75, 3.05) is 5.32 Å². The fraction of sp³-hybridized carbons (Fsp3) is 0.0769. The molecule has 3 aromatic rings. The molecule has 0 aliphatic heterocycles. The van der Waals surface area contributed by atoms with Gasteiger partial charge in [-0.15, -0.1) is 0 Å². The zero-order chi connectivity index (χ0) is 13.2. The number of halogens is 2. The van der Waals surface area contributed by atoms with Gasteiger partial charge in [0.1, 0.15) is 0 Å². The summed E-state index contributed by atoms with van der Waals surface area (Å²) in [6, 6.07) is 7.71. The molecule has 0 bridgehead atoms. The summed E-state index contributed by atoms with van der Waals surface area (Å²) in [7, 11) is 0. The van der Waals surface area contributed by atoms with Gasteiger partial charge in [0.25, 0.3) is 0 Å². The third-order valence-electron chi connectivity index (χ3n) is 2.79. The Hall–Kier alpha value is -1.59. The zero-order valence-corrected chi connectivity index (χ0v) is 12.2. The van der Waals surface area contributed by atoms with Crippen molar-refractivity contribution in [3.05, 3.63) is 51.8 Å². The summed E-state index contributed by atoms with van der Waals surface area (Å²) in [6.07, 6.45) is 3.48. The molecular weight excluding hydrogens is 328 g/mol. The van der Waals surface area contributed by atoms with Crippen molar-refractivity contribution < 1.29 is 0 Å². The Morgan fingerprint density at radius 2 is 2.16 bits per heavy atom. The second kappa shape index (κ2) is 5.19. The van der Waals surface area contributed by atoms with E-state index in [9.17, 15) is 0 Å². The molecular formula is C13H10BrClN4. The number of nitrogens with zero attached hydrogens (tertiary/aromatic N) is 2. The van der Waals surface area contributed by atoms with Crippen molar-refractivity contribution in [1.29, 1.82) is 0 Å². The predicted molar refractivity (Wildman–Crippen MR) is 80.4 cm³/mol. The van der Waals surface area contributed by atoms with Crippen LogP contribution in [0.2, 0.25) is 5.02 Å². The standard InChI is InChI=1S/C13H10BrClN4/c14-8-5-10-12(17-7-9-1-4-18-19-9)2-3-16-13(10)11(15)6-8/h1-6H,7H2,(H,16,17)(H,18,19). The van der Waals surface area contributed by atoms with E-state index in [4.69, 9.17) is 11.6 Å². The molecule has 3 rings (SSSR count). The lowest BCUT2D eigenvalue weighted by Crippen LogP contribution is -2.01. The minimum absolute atomic E-state index is 0.634. The van der Waals surface area contributed by atoms with Gasteiger partial charge < -0.3 is 5.32 Å². The molecule has 0 saturated carbocycles. The second-order valence-corrected chi connectivity index (χ2v) is 5.40. The number of rotatable bonds is 3. The van der Waals surface area contributed by atoms with Gasteiger partial charge in [0, 0.05) is 27.9 Å². The van der Waals surface area contributed by atoms with Gasteiger partial charge in [-0.05, 0) is 24.3 Å². The third-order valence-corrected chi connectivity index (χ3v) is 3.54. The Morgan fingerprint density at radius 1 is 1.26 bits per heavy atom. The maximum absolute atomic E-state index is 6.20. The number of H-pyrrole nitrogens is 1. The summed E-state index contributed by atoms with van der Waals surface area (Å²) in [5.74, 6) is 0. The largest absolute Gasteiger partial charge is 0.379 e. The van der Waals surface area contributed by atoms with Gasteiger partial charge in [0.05, 0.1) is 22.8 Å². The van der Waals surface area contributed by atoms with E-state index in [0.29, 0.717) is 11.6 Å². The van der Waals surface area contributed by atoms with Crippen molar-refractivity contribution in [3.8, 4) is 0 Å². The number of aromatic nitrogens is 3. The Kier molecular flexibility index (Phi) is 3.40. The first-order valence-corrected chi connectivity index (χ1v) is 6.87. The fourth-order valence-corrected chi connectivity index (χ4v) is 2.76. The summed E-state index contributed by atoms with van der Waals surface area (Å²) in [4.78, 5) is 4.31. The van der Waals surface area contributed by atoms with Crippen LogP contribution in [0.5, 0.6) is 0 Å². The Morgan fingerprint density at radius 3 is 2.95 bits per heavy atom. The van der Waals surface area contributed by atoms with Crippen LogP contribution in [0.4, 0.5) is 5.69 Å². The highest BCUT2D eigenvalue weighted by Crippen LogP contribution is 2.31. The molecule has 0 unspecified atom stereocenters. The van der Waals surface area contributed by atoms with E-state index < -0.39 is 0 Å². The average molecular weight is 338 g/mol. The Labute approximate surface area is 123 Å². The van der Waals surface area contributed by atoms with E-state index in [2.05, 4.69) is 36.4 Å². The average Bonchev–Trinajstić information content (AvgIpc) is 2.89. The highest BCUT2D eigenvalue weighted by molar-refractivity contribution is 9.10. The molecule has 0 aliphatic rings. The smallest absolute Gasteiger partial charge is 0.0909 e. The minimum atomic E-state index is 0.634. The van der Waals surface area contributed by atoms with E-state index in [0.717, 1.165) is 26.8 Å². The maximum Gasteiger partial charge on any atom is 0.0909 e. The Balaban J connectivity index is 1.99. The molecule has 1 aromatic carbocycles. The normalized spacial score (nSPS) is 10.8. The molecule has 96 valence electrons. The second-order valence-electron chi connectivity index (χ2n) is 4.08. The fourth-order valence-electron chi connectivity index (χ4n) is 1.91. The molecule has 0 atom stereocenters. The van der Waals surface area contributed by atoms with Gasteiger partial charge in [-0.2, -0.15) is 5.10 Å². The number of pyridine rings is 1. The molecule has 2 heterocycles. The van der Waals surface area contributed by atoms with Crippen molar-refractivity contribution in [3.63, 3.8) is 0 Å². The van der Waals surface area contributed by atoms with Crippen molar-refractivity contribution in [2.45, 2.75) is 6.54 Å². The van der Waals surface area contributed by atoms with E-state index in [1.54, 1.807) is 12.4 Å². The summed E-state index contributed by atoms with van der Waals surface area (Å²) in [6.45, 7) is 0.670. The molecule has 6 heteroatoms. The van der Waals surface area contributed by atoms with Crippen LogP contribution >= 0.6 is 27.5 Å². The number of benzene rings is 1. The van der Waals surface area contributed by atoms with Crippen LogP contribution in [0.15, 0.2) is 41.1 Å². The van der Waals surface area contributed by atoms with Crippen LogP contribution in [0.3, 0.4) is 0 Å². The zero-order valence-electron chi connectivity index (χ0n) is 9.82. The number of aromatic amines is 1. The molecule has 0 aliphatic carbocycles. The monoisotopic (exact) mass is 336 g/mol. The van der Waals surface area contributed by atoms with E-state index >= 15 is 0 Å². The topological polar surface area (TPSA) is 53.6 Å². The maximum atomic E-state index is 6.20. The summed E-state index contributed by atoms with van der Waals surface area (Å²) in [5.41, 5.74) is 2.80. The first-order valence-electron chi connectivity index (χ1n) is 5.70. The molecule has 4 nitrogen and oxygen atoms in total. The summed E-state index contributed by atoms with van der Waals surface area (Å²) in [5, 5.41) is 11.8. The van der Waals surface area contributed by atoms with Gasteiger partial charge in [0.15, 0.2) is 0 Å². The SMILES string of the molecule is Clc1cc(Br)cc2c(NCc3ccn[nH]3)ccnc12. The highest BCUT2D eigenvalue weighted by atomic mass is 79.9. The van der Waals surface area contributed by atoms with Crippen LogP contribution in [-0.2, 0) is 6.54 Å². The Bertz CT molecular complexity index is 712. The molecule has 19 heavy (non-hydrogen) atoms. The summed E-state index contributed by atoms with van der Waals surface area (Å²) >= 11 is 9.65. The lowest BCUT2D eigenvalue weighted by molar-refractivity contribution is 0.982. The molecule has 0 radical (unpaired) electrons. The van der Waals surface area contributed by atoms with Crippen molar-refractivity contribution in [1.82, 2.24) is 15.2 Å². The van der Waals surface area contributed by atoms with Crippen LogP contribution in [0.25, 0.3) is 10.9 Å². The summed E-state index contributed by atoms with van der Waals surface area (Å²) < 4.78 is 0.933. The molecule has 0 fully saturated rings. The first-order chi connectivity index (χ1) is 9.24. The quantitative estimate of drug-likeness (QED) is 0.760. The van der Waals surface area contributed by atoms with Gasteiger partial charge in [-0.3, -0.25) is 10.1 Å². The van der Waals surface area contributed by atoms with Crippen LogP contribution in [0, 0.1) is 0 Å². The number of nitrogens with one attached hydrogen (secondary N) is 2. The van der Waals surface area contributed by atoms with Crippen molar-refractivity contribution >= 4 is 44.1 Å². The molecule has 0 amide bonds. The van der Waals surface area contributed by atoms with Gasteiger partial charge in [0.2, 0.25) is 0 Å². The van der Waals surface area contributed by atoms with E-state index in [1.807, 2.05) is 24.3 Å². The number of hydrogen-bond acceptors (Lipinski definition) is 3. The number of hydrogen-bond donors (Lipinski definition) is 2. The van der Waals surface area contributed by atoms with Gasteiger partial charge in [-0.1, -0.05) is 27.5 Å². The van der Waals surface area contributed by atoms with E-state index in [1.165, 1.54) is 0 Å². The van der Waals surface area contributed by atoms with Crippen molar-refractivity contribution in [2.24, 2.45) is 0 Å². The van der Waals surface area contributed by atoms with E-state index in [-0.39, 0.29) is 0 Å². The molecule has 2 N–H and O–H groups in total. The predicted octanol–water partition coefficient (Wildman–Crippen LogP) is 3.99. The highest BCUT2D eigenvalue weighted by Gasteiger charge is 2.07. The number of anilines is 1. The van der Waals surface area contributed by atoms with Crippen LogP contribution in [-0.4, -0.2) is 15.2 Å². The van der Waals surface area contributed by atoms with Crippen LogP contribution in [0.1, 0.15) is 5.69 Å². The molecule has 0 saturated heterocycles. The molecule has 2 aromatic heterocycles. The molecule has 0 spiro atoms. The lowest BCUT2D eigenvalue weighted by Gasteiger charge is -2.09. The van der Waals surface area contributed by atoms with Crippen LogP contribution < -0.4 is 5.32 Å². The minimum Gasteiger partial charge on any atom is -0.379 e.